The summed E-state index contributed by atoms with van der Waals surface area (Å²) in [5.74, 6) is 0.611. The molecule has 0 spiro atoms. The number of rotatable bonds is 6. The number of nitrogens with zero attached hydrogens (tertiary/aromatic N) is 1. The van der Waals surface area contributed by atoms with Crippen molar-refractivity contribution in [2.45, 2.75) is 26.7 Å². The standard InChI is InChI=1S/C19H22N2O3/c1-4-24-18-11-14(5-10-17(18)22)12-20-21-19(23)16-8-6-15(7-9-16)13(2)3/h5-13,22H,4H2,1-3H3,(H,21,23). The van der Waals surface area contributed by atoms with Crippen molar-refractivity contribution in [2.24, 2.45) is 5.10 Å². The van der Waals surface area contributed by atoms with Crippen molar-refractivity contribution in [1.29, 1.82) is 0 Å². The normalized spacial score (nSPS) is 11.0. The van der Waals surface area contributed by atoms with Crippen molar-refractivity contribution in [1.82, 2.24) is 5.43 Å². The van der Waals surface area contributed by atoms with E-state index in [9.17, 15) is 9.90 Å². The summed E-state index contributed by atoms with van der Waals surface area (Å²) < 4.78 is 5.31. The van der Waals surface area contributed by atoms with Gasteiger partial charge in [-0.05, 0) is 54.3 Å². The van der Waals surface area contributed by atoms with Crippen LogP contribution in [0.15, 0.2) is 47.6 Å². The van der Waals surface area contributed by atoms with Gasteiger partial charge in [-0.25, -0.2) is 5.43 Å². The monoisotopic (exact) mass is 326 g/mol. The van der Waals surface area contributed by atoms with E-state index in [0.29, 0.717) is 29.4 Å². The average Bonchev–Trinajstić information content (AvgIpc) is 2.58. The van der Waals surface area contributed by atoms with Gasteiger partial charge in [-0.1, -0.05) is 26.0 Å². The summed E-state index contributed by atoms with van der Waals surface area (Å²) in [4.78, 5) is 12.1. The quantitative estimate of drug-likeness (QED) is 0.628. The van der Waals surface area contributed by atoms with Crippen LogP contribution in [0.4, 0.5) is 0 Å². The maximum atomic E-state index is 12.1. The van der Waals surface area contributed by atoms with E-state index in [2.05, 4.69) is 24.4 Å². The maximum Gasteiger partial charge on any atom is 0.271 e. The summed E-state index contributed by atoms with van der Waals surface area (Å²) >= 11 is 0. The molecule has 0 fully saturated rings. The van der Waals surface area contributed by atoms with Gasteiger partial charge in [-0.3, -0.25) is 4.79 Å². The Morgan fingerprint density at radius 3 is 2.58 bits per heavy atom. The highest BCUT2D eigenvalue weighted by molar-refractivity contribution is 5.94. The molecule has 0 heterocycles. The zero-order chi connectivity index (χ0) is 17.5. The number of nitrogens with one attached hydrogen (secondary N) is 1. The number of carbonyl (C=O) groups excluding carboxylic acids is 1. The Labute approximate surface area is 142 Å². The summed E-state index contributed by atoms with van der Waals surface area (Å²) in [6, 6.07) is 12.3. The predicted molar refractivity (Wildman–Crippen MR) is 94.9 cm³/mol. The SMILES string of the molecule is CCOc1cc(C=NNC(=O)c2ccc(C(C)C)cc2)ccc1O. The minimum absolute atomic E-state index is 0.0725. The highest BCUT2D eigenvalue weighted by atomic mass is 16.5. The van der Waals surface area contributed by atoms with Gasteiger partial charge in [-0.15, -0.1) is 0 Å². The fourth-order valence-electron chi connectivity index (χ4n) is 2.13. The number of amides is 1. The van der Waals surface area contributed by atoms with E-state index in [1.165, 1.54) is 17.8 Å². The Morgan fingerprint density at radius 2 is 1.96 bits per heavy atom. The second kappa shape index (κ2) is 8.15. The van der Waals surface area contributed by atoms with Crippen molar-refractivity contribution in [3.63, 3.8) is 0 Å². The lowest BCUT2D eigenvalue weighted by Crippen LogP contribution is -2.17. The number of hydrogen-bond donors (Lipinski definition) is 2. The van der Waals surface area contributed by atoms with Crippen LogP contribution in [0.2, 0.25) is 0 Å². The molecule has 0 aliphatic carbocycles. The van der Waals surface area contributed by atoms with Gasteiger partial charge in [0.1, 0.15) is 0 Å². The molecule has 2 aromatic carbocycles. The molecule has 2 aromatic rings. The van der Waals surface area contributed by atoms with Crippen LogP contribution in [0.5, 0.6) is 11.5 Å². The highest BCUT2D eigenvalue weighted by Gasteiger charge is 2.06. The molecule has 0 radical (unpaired) electrons. The van der Waals surface area contributed by atoms with Crippen molar-refractivity contribution >= 4 is 12.1 Å². The third-order valence-electron chi connectivity index (χ3n) is 3.50. The summed E-state index contributed by atoms with van der Waals surface area (Å²) in [5, 5.41) is 13.6. The van der Waals surface area contributed by atoms with E-state index in [1.54, 1.807) is 24.3 Å². The Morgan fingerprint density at radius 1 is 1.25 bits per heavy atom. The first-order chi connectivity index (χ1) is 11.5. The number of ether oxygens (including phenoxy) is 1. The van der Waals surface area contributed by atoms with Crippen LogP contribution in [0.3, 0.4) is 0 Å². The molecule has 2 N–H and O–H groups in total. The summed E-state index contributed by atoms with van der Waals surface area (Å²) in [6.45, 7) is 6.50. The summed E-state index contributed by atoms with van der Waals surface area (Å²) in [5.41, 5.74) is 4.94. The molecule has 0 aliphatic rings. The number of aromatic hydroxyl groups is 1. The number of phenolic OH excluding ortho intramolecular Hbond substituents is 1. The van der Waals surface area contributed by atoms with Gasteiger partial charge in [-0.2, -0.15) is 5.10 Å². The first-order valence-corrected chi connectivity index (χ1v) is 7.90. The number of hydrazone groups is 1. The topological polar surface area (TPSA) is 70.9 Å². The van der Waals surface area contributed by atoms with Gasteiger partial charge >= 0.3 is 0 Å². The van der Waals surface area contributed by atoms with E-state index < -0.39 is 0 Å². The van der Waals surface area contributed by atoms with E-state index in [1.807, 2.05) is 19.1 Å². The first-order valence-electron chi connectivity index (χ1n) is 7.90. The van der Waals surface area contributed by atoms with E-state index in [0.717, 1.165) is 0 Å². The second-order valence-electron chi connectivity index (χ2n) is 5.64. The Bertz CT molecular complexity index is 722. The zero-order valence-electron chi connectivity index (χ0n) is 14.1. The first kappa shape index (κ1) is 17.5. The Hall–Kier alpha value is -2.82. The number of phenols is 1. The van der Waals surface area contributed by atoms with Crippen molar-refractivity contribution in [3.05, 3.63) is 59.2 Å². The van der Waals surface area contributed by atoms with Crippen LogP contribution in [-0.4, -0.2) is 23.8 Å². The van der Waals surface area contributed by atoms with Crippen LogP contribution >= 0.6 is 0 Å². The molecule has 0 unspecified atom stereocenters. The largest absolute Gasteiger partial charge is 0.504 e. The second-order valence-corrected chi connectivity index (χ2v) is 5.64. The van der Waals surface area contributed by atoms with Crippen molar-refractivity contribution in [3.8, 4) is 11.5 Å². The highest BCUT2D eigenvalue weighted by Crippen LogP contribution is 2.26. The minimum atomic E-state index is -0.273. The molecule has 0 aromatic heterocycles. The third-order valence-corrected chi connectivity index (χ3v) is 3.50. The molecule has 5 heteroatoms. The average molecular weight is 326 g/mol. The molecule has 126 valence electrons. The zero-order valence-corrected chi connectivity index (χ0v) is 14.1. The molecule has 5 nitrogen and oxygen atoms in total. The van der Waals surface area contributed by atoms with Crippen molar-refractivity contribution < 1.29 is 14.6 Å². The summed E-state index contributed by atoms with van der Waals surface area (Å²) in [6.07, 6.45) is 1.50. The molecule has 0 bridgehead atoms. The lowest BCUT2D eigenvalue weighted by molar-refractivity contribution is 0.0955. The van der Waals surface area contributed by atoms with E-state index in [-0.39, 0.29) is 11.7 Å². The van der Waals surface area contributed by atoms with Crippen LogP contribution in [0, 0.1) is 0 Å². The van der Waals surface area contributed by atoms with Crippen molar-refractivity contribution in [2.75, 3.05) is 6.61 Å². The Balaban J connectivity index is 2.00. The predicted octanol–water partition coefficient (Wildman–Crippen LogP) is 3.68. The van der Waals surface area contributed by atoms with E-state index in [4.69, 9.17) is 4.74 Å². The maximum absolute atomic E-state index is 12.1. The minimum Gasteiger partial charge on any atom is -0.504 e. The molecule has 1 amide bonds. The van der Waals surface area contributed by atoms with Gasteiger partial charge in [0.25, 0.3) is 5.91 Å². The molecule has 0 saturated heterocycles. The number of hydrogen-bond acceptors (Lipinski definition) is 4. The molecule has 0 saturated carbocycles. The van der Waals surface area contributed by atoms with Crippen LogP contribution in [0.25, 0.3) is 0 Å². The molecular formula is C19H22N2O3. The third kappa shape index (κ3) is 4.59. The van der Waals surface area contributed by atoms with Gasteiger partial charge in [0.2, 0.25) is 0 Å². The van der Waals surface area contributed by atoms with Gasteiger partial charge < -0.3 is 9.84 Å². The van der Waals surface area contributed by atoms with Gasteiger partial charge in [0.15, 0.2) is 11.5 Å². The number of benzene rings is 2. The fourth-order valence-corrected chi connectivity index (χ4v) is 2.13. The van der Waals surface area contributed by atoms with Crippen LogP contribution in [-0.2, 0) is 0 Å². The van der Waals surface area contributed by atoms with Crippen LogP contribution in [0.1, 0.15) is 48.2 Å². The smallest absolute Gasteiger partial charge is 0.271 e. The van der Waals surface area contributed by atoms with Gasteiger partial charge in [0, 0.05) is 5.56 Å². The molecule has 0 aliphatic heterocycles. The molecule has 24 heavy (non-hydrogen) atoms. The molecule has 2 rings (SSSR count). The lowest BCUT2D eigenvalue weighted by Gasteiger charge is -2.06. The number of carbonyl (C=O) groups is 1. The molecule has 0 atom stereocenters. The fraction of sp³-hybridized carbons (Fsp3) is 0.263. The summed E-state index contributed by atoms with van der Waals surface area (Å²) in [7, 11) is 0. The Kier molecular flexibility index (Phi) is 5.95. The van der Waals surface area contributed by atoms with E-state index >= 15 is 0 Å². The van der Waals surface area contributed by atoms with Gasteiger partial charge in [0.05, 0.1) is 12.8 Å². The lowest BCUT2D eigenvalue weighted by atomic mass is 10.0. The molecular weight excluding hydrogens is 304 g/mol. The van der Waals surface area contributed by atoms with Crippen LogP contribution < -0.4 is 10.2 Å².